The van der Waals surface area contributed by atoms with Gasteiger partial charge in [0.2, 0.25) is 5.91 Å². The Hall–Kier alpha value is -2.31. The fourth-order valence-electron chi connectivity index (χ4n) is 2.66. The molecule has 7 heteroatoms. The van der Waals surface area contributed by atoms with Crippen LogP contribution in [0.1, 0.15) is 19.3 Å². The van der Waals surface area contributed by atoms with Crippen molar-refractivity contribution in [1.82, 2.24) is 20.5 Å². The van der Waals surface area contributed by atoms with Crippen molar-refractivity contribution in [3.63, 3.8) is 0 Å². The van der Waals surface area contributed by atoms with E-state index in [9.17, 15) is 4.79 Å². The highest BCUT2D eigenvalue weighted by Crippen LogP contribution is 2.19. The summed E-state index contributed by atoms with van der Waals surface area (Å²) in [5, 5.41) is 6.88. The second-order valence-electron chi connectivity index (χ2n) is 6.64. The normalized spacial score (nSPS) is 20.8. The monoisotopic (exact) mass is 330 g/mol. The molecule has 1 aliphatic carbocycles. The number of carbonyl (C=O) groups excluding carboxylic acids is 1. The summed E-state index contributed by atoms with van der Waals surface area (Å²) in [6, 6.07) is 6.79. The van der Waals surface area contributed by atoms with Crippen molar-refractivity contribution >= 4 is 17.7 Å². The number of amides is 1. The maximum absolute atomic E-state index is 11.8. The highest BCUT2D eigenvalue weighted by Gasteiger charge is 2.27. The maximum Gasteiger partial charge on any atom is 0.243 e. The molecule has 7 nitrogen and oxygen atoms in total. The summed E-state index contributed by atoms with van der Waals surface area (Å²) in [6.07, 6.45) is 5.20. The molecule has 1 amide bonds. The van der Waals surface area contributed by atoms with Gasteiger partial charge in [-0.15, -0.1) is 0 Å². The van der Waals surface area contributed by atoms with Crippen molar-refractivity contribution < 1.29 is 4.79 Å². The molecule has 0 bridgehead atoms. The number of anilines is 1. The molecule has 0 aromatic carbocycles. The van der Waals surface area contributed by atoms with Crippen LogP contribution in [0.2, 0.25) is 0 Å². The zero-order chi connectivity index (χ0) is 16.9. The number of hydrogen-bond acceptors (Lipinski definition) is 4. The lowest BCUT2D eigenvalue weighted by molar-refractivity contribution is -0.127. The van der Waals surface area contributed by atoms with Crippen molar-refractivity contribution in [2.45, 2.75) is 31.3 Å². The fraction of sp³-hybridized carbons (Fsp3) is 0.588. The second-order valence-corrected chi connectivity index (χ2v) is 6.64. The van der Waals surface area contributed by atoms with Crippen LogP contribution >= 0.6 is 0 Å². The lowest BCUT2D eigenvalue weighted by Gasteiger charge is -2.20. The Balaban J connectivity index is 1.56. The van der Waals surface area contributed by atoms with Crippen LogP contribution < -0.4 is 15.5 Å². The van der Waals surface area contributed by atoms with E-state index in [1.165, 1.54) is 12.8 Å². The molecule has 0 spiro atoms. The number of aromatic nitrogens is 1. The standard InChI is InChI=1S/C17H26N6O/c1-22(2)16(24)11-19-17(20-13-6-7-13)21-14-8-10-23(12-14)15-5-3-4-9-18-15/h3-5,9,13-14H,6-8,10-12H2,1-2H3,(H2,19,20,21). The van der Waals surface area contributed by atoms with Crippen molar-refractivity contribution in [1.29, 1.82) is 0 Å². The number of nitrogens with zero attached hydrogens (tertiary/aromatic N) is 4. The lowest BCUT2D eigenvalue weighted by Crippen LogP contribution is -2.46. The summed E-state index contributed by atoms with van der Waals surface area (Å²) < 4.78 is 0. The Morgan fingerprint density at radius 3 is 2.75 bits per heavy atom. The molecule has 0 radical (unpaired) electrons. The third-order valence-electron chi connectivity index (χ3n) is 4.29. The number of hydrogen-bond donors (Lipinski definition) is 2. The summed E-state index contributed by atoms with van der Waals surface area (Å²) in [5.74, 6) is 1.77. The van der Waals surface area contributed by atoms with E-state index in [1.807, 2.05) is 24.4 Å². The summed E-state index contributed by atoms with van der Waals surface area (Å²) in [5.41, 5.74) is 0. The van der Waals surface area contributed by atoms with Gasteiger partial charge < -0.3 is 20.4 Å². The van der Waals surface area contributed by atoms with Gasteiger partial charge in [-0.05, 0) is 31.4 Å². The van der Waals surface area contributed by atoms with Gasteiger partial charge >= 0.3 is 0 Å². The van der Waals surface area contributed by atoms with Gasteiger partial charge in [0.1, 0.15) is 12.4 Å². The Labute approximate surface area is 143 Å². The van der Waals surface area contributed by atoms with E-state index in [1.54, 1.807) is 19.0 Å². The van der Waals surface area contributed by atoms with E-state index in [0.717, 1.165) is 31.3 Å². The number of aliphatic imine (C=N–C) groups is 1. The maximum atomic E-state index is 11.8. The van der Waals surface area contributed by atoms with Crippen molar-refractivity contribution in [3.8, 4) is 0 Å². The first-order valence-electron chi connectivity index (χ1n) is 8.55. The quantitative estimate of drug-likeness (QED) is 0.606. The van der Waals surface area contributed by atoms with Gasteiger partial charge in [-0.3, -0.25) is 4.79 Å². The van der Waals surface area contributed by atoms with Crippen molar-refractivity contribution in [3.05, 3.63) is 24.4 Å². The Bertz CT molecular complexity index is 584. The van der Waals surface area contributed by atoms with Crippen LogP contribution in [0.25, 0.3) is 0 Å². The average molecular weight is 330 g/mol. The molecule has 130 valence electrons. The predicted octanol–water partition coefficient (Wildman–Crippen LogP) is 0.446. The SMILES string of the molecule is CN(C)C(=O)CN=C(NC1CC1)NC1CCN(c2ccccn2)C1. The van der Waals surface area contributed by atoms with E-state index in [2.05, 4.69) is 25.5 Å². The number of pyridine rings is 1. The van der Waals surface area contributed by atoms with Crippen LogP contribution in [-0.4, -0.2) is 67.6 Å². The first-order valence-corrected chi connectivity index (χ1v) is 8.55. The number of rotatable bonds is 5. The molecule has 2 N–H and O–H groups in total. The first-order chi connectivity index (χ1) is 11.6. The second kappa shape index (κ2) is 7.51. The Kier molecular flexibility index (Phi) is 5.17. The van der Waals surface area contributed by atoms with Gasteiger partial charge in [-0.2, -0.15) is 0 Å². The molecule has 2 fully saturated rings. The molecule has 1 aromatic heterocycles. The predicted molar refractivity (Wildman–Crippen MR) is 95.1 cm³/mol. The number of carbonyl (C=O) groups is 1. The van der Waals surface area contributed by atoms with Crippen LogP contribution in [0.5, 0.6) is 0 Å². The number of likely N-dealkylation sites (N-methyl/N-ethyl adjacent to an activating group) is 1. The molecule has 24 heavy (non-hydrogen) atoms. The third kappa shape index (κ3) is 4.59. The molecule has 1 saturated carbocycles. The first kappa shape index (κ1) is 16.5. The van der Waals surface area contributed by atoms with Gasteiger partial charge in [-0.1, -0.05) is 6.07 Å². The average Bonchev–Trinajstić information content (AvgIpc) is 3.28. The molecule has 1 unspecified atom stereocenters. The van der Waals surface area contributed by atoms with Crippen LogP contribution in [0.15, 0.2) is 29.4 Å². The van der Waals surface area contributed by atoms with Crippen molar-refractivity contribution in [2.24, 2.45) is 4.99 Å². The van der Waals surface area contributed by atoms with E-state index in [-0.39, 0.29) is 12.5 Å². The molecule has 2 aliphatic rings. The minimum Gasteiger partial charge on any atom is -0.354 e. The topological polar surface area (TPSA) is 72.9 Å². The zero-order valence-corrected chi connectivity index (χ0v) is 14.4. The molecular formula is C17H26N6O. The minimum absolute atomic E-state index is 0.00781. The lowest BCUT2D eigenvalue weighted by atomic mass is 10.3. The molecular weight excluding hydrogens is 304 g/mol. The number of nitrogens with one attached hydrogen (secondary N) is 2. The van der Waals surface area contributed by atoms with Crippen LogP contribution in [-0.2, 0) is 4.79 Å². The van der Waals surface area contributed by atoms with Gasteiger partial charge in [-0.25, -0.2) is 9.98 Å². The minimum atomic E-state index is 0.00781. The largest absolute Gasteiger partial charge is 0.354 e. The summed E-state index contributed by atoms with van der Waals surface area (Å²) in [7, 11) is 3.50. The smallest absolute Gasteiger partial charge is 0.243 e. The third-order valence-corrected chi connectivity index (χ3v) is 4.29. The van der Waals surface area contributed by atoms with Gasteiger partial charge in [0, 0.05) is 45.5 Å². The summed E-state index contributed by atoms with van der Waals surface area (Å²) in [6.45, 7) is 2.04. The summed E-state index contributed by atoms with van der Waals surface area (Å²) in [4.78, 5) is 24.5. The molecule has 1 aromatic rings. The highest BCUT2D eigenvalue weighted by molar-refractivity contribution is 5.85. The van der Waals surface area contributed by atoms with E-state index in [0.29, 0.717) is 12.1 Å². The van der Waals surface area contributed by atoms with Crippen LogP contribution in [0.4, 0.5) is 5.82 Å². The highest BCUT2D eigenvalue weighted by atomic mass is 16.2. The Morgan fingerprint density at radius 2 is 2.08 bits per heavy atom. The molecule has 3 rings (SSSR count). The fourth-order valence-corrected chi connectivity index (χ4v) is 2.66. The zero-order valence-electron chi connectivity index (χ0n) is 14.4. The summed E-state index contributed by atoms with van der Waals surface area (Å²) >= 11 is 0. The van der Waals surface area contributed by atoms with Gasteiger partial charge in [0.25, 0.3) is 0 Å². The Morgan fingerprint density at radius 1 is 1.29 bits per heavy atom. The van der Waals surface area contributed by atoms with E-state index >= 15 is 0 Å². The molecule has 1 saturated heterocycles. The van der Waals surface area contributed by atoms with Gasteiger partial charge in [0.05, 0.1) is 0 Å². The van der Waals surface area contributed by atoms with Gasteiger partial charge in [0.15, 0.2) is 5.96 Å². The van der Waals surface area contributed by atoms with E-state index in [4.69, 9.17) is 0 Å². The molecule has 1 aliphatic heterocycles. The van der Waals surface area contributed by atoms with Crippen LogP contribution in [0, 0.1) is 0 Å². The van der Waals surface area contributed by atoms with E-state index < -0.39 is 0 Å². The van der Waals surface area contributed by atoms with Crippen molar-refractivity contribution in [2.75, 3.05) is 38.6 Å². The molecule has 1 atom stereocenters. The number of guanidine groups is 1. The van der Waals surface area contributed by atoms with Crippen LogP contribution in [0.3, 0.4) is 0 Å². The molecule has 2 heterocycles.